The van der Waals surface area contributed by atoms with Crippen molar-refractivity contribution in [3.63, 3.8) is 0 Å². The second-order valence-electron chi connectivity index (χ2n) is 7.18. The Kier molecular flexibility index (Phi) is 4.29. The molecule has 1 amide bonds. The summed E-state index contributed by atoms with van der Waals surface area (Å²) in [5.41, 5.74) is 2.09. The van der Waals surface area contributed by atoms with Crippen molar-refractivity contribution >= 4 is 39.1 Å². The molecule has 0 N–H and O–H groups in total. The summed E-state index contributed by atoms with van der Waals surface area (Å²) in [5, 5.41) is 1.88. The van der Waals surface area contributed by atoms with Crippen LogP contribution < -0.4 is 4.74 Å². The molecule has 0 bridgehead atoms. The van der Waals surface area contributed by atoms with E-state index in [4.69, 9.17) is 21.3 Å². The van der Waals surface area contributed by atoms with Crippen LogP contribution >= 0.6 is 22.9 Å². The molecule has 138 valence electrons. The maximum atomic E-state index is 12.9. The van der Waals surface area contributed by atoms with Crippen LogP contribution in [0, 0.1) is 0 Å². The number of likely N-dealkylation sites (tertiary alicyclic amines) is 1. The largest absolute Gasteiger partial charge is 0.480 e. The number of halogens is 1. The zero-order valence-electron chi connectivity index (χ0n) is 14.7. The summed E-state index contributed by atoms with van der Waals surface area (Å²) in [6.45, 7) is 1.52. The molecular weight excluding hydrogens is 380 g/mol. The highest BCUT2D eigenvalue weighted by Gasteiger charge is 2.34. The highest BCUT2D eigenvalue weighted by Crippen LogP contribution is 2.35. The maximum absolute atomic E-state index is 12.9. The summed E-state index contributed by atoms with van der Waals surface area (Å²) in [4.78, 5) is 19.6. The van der Waals surface area contributed by atoms with Crippen molar-refractivity contribution in [3.05, 3.63) is 58.1 Å². The van der Waals surface area contributed by atoms with E-state index in [-0.39, 0.29) is 5.91 Å². The maximum Gasteiger partial charge on any atom is 0.263 e. The minimum Gasteiger partial charge on any atom is -0.480 e. The van der Waals surface area contributed by atoms with Gasteiger partial charge in [0.2, 0.25) is 0 Å². The minimum atomic E-state index is -0.419. The quantitative estimate of drug-likeness (QED) is 0.630. The zero-order valence-corrected chi connectivity index (χ0v) is 16.3. The molecule has 2 aromatic carbocycles. The van der Waals surface area contributed by atoms with Crippen LogP contribution in [0.15, 0.2) is 42.5 Å². The molecule has 6 heteroatoms. The summed E-state index contributed by atoms with van der Waals surface area (Å²) in [7, 11) is 0. The molecule has 0 saturated carbocycles. The van der Waals surface area contributed by atoms with E-state index in [2.05, 4.69) is 18.2 Å². The fourth-order valence-corrected chi connectivity index (χ4v) is 5.30. The van der Waals surface area contributed by atoms with Crippen molar-refractivity contribution in [2.24, 2.45) is 0 Å². The van der Waals surface area contributed by atoms with Gasteiger partial charge in [0.1, 0.15) is 5.75 Å². The third kappa shape index (κ3) is 3.19. The van der Waals surface area contributed by atoms with Gasteiger partial charge in [0, 0.05) is 30.5 Å². The number of benzene rings is 2. The summed E-state index contributed by atoms with van der Waals surface area (Å²) in [5.74, 6) is 1.30. The highest BCUT2D eigenvalue weighted by molar-refractivity contribution is 7.18. The minimum absolute atomic E-state index is 0.0880. The van der Waals surface area contributed by atoms with Gasteiger partial charge in [0.05, 0.1) is 15.2 Å². The fourth-order valence-electron chi connectivity index (χ4n) is 3.97. The van der Waals surface area contributed by atoms with Crippen LogP contribution in [0.1, 0.15) is 29.3 Å². The van der Waals surface area contributed by atoms with E-state index in [1.54, 1.807) is 17.4 Å². The second-order valence-corrected chi connectivity index (χ2v) is 8.68. The SMILES string of the molecule is O=C([C@@H]1Cc2cc(Cl)ccc2O1)N1CCC(c2nc3ccccc3s2)CC1. The Morgan fingerprint density at radius 3 is 2.81 bits per heavy atom. The molecule has 1 saturated heterocycles. The van der Waals surface area contributed by atoms with Crippen LogP contribution in [0.5, 0.6) is 5.75 Å². The molecule has 0 radical (unpaired) electrons. The van der Waals surface area contributed by atoms with E-state index in [0.717, 1.165) is 42.8 Å². The van der Waals surface area contributed by atoms with Crippen LogP contribution in [0.4, 0.5) is 0 Å². The van der Waals surface area contributed by atoms with Crippen LogP contribution in [-0.4, -0.2) is 35.0 Å². The number of thiazole rings is 1. The molecule has 0 unspecified atom stereocenters. The van der Waals surface area contributed by atoms with Crippen molar-refractivity contribution in [2.45, 2.75) is 31.3 Å². The lowest BCUT2D eigenvalue weighted by atomic mass is 9.97. The summed E-state index contributed by atoms with van der Waals surface area (Å²) >= 11 is 7.83. The molecule has 0 spiro atoms. The lowest BCUT2D eigenvalue weighted by molar-refractivity contribution is -0.139. The Labute approximate surface area is 166 Å². The first-order chi connectivity index (χ1) is 13.2. The van der Waals surface area contributed by atoms with Gasteiger partial charge in [0.15, 0.2) is 6.10 Å². The normalized spacial score (nSPS) is 19.9. The number of aromatic nitrogens is 1. The highest BCUT2D eigenvalue weighted by atomic mass is 35.5. The predicted molar refractivity (Wildman–Crippen MR) is 108 cm³/mol. The van der Waals surface area contributed by atoms with Gasteiger partial charge in [-0.15, -0.1) is 11.3 Å². The molecule has 1 fully saturated rings. The van der Waals surface area contributed by atoms with Crippen molar-refractivity contribution in [2.75, 3.05) is 13.1 Å². The third-order valence-electron chi connectivity index (χ3n) is 5.44. The molecule has 3 heterocycles. The molecule has 1 atom stereocenters. The molecule has 1 aromatic heterocycles. The van der Waals surface area contributed by atoms with Crippen LogP contribution in [0.2, 0.25) is 5.02 Å². The molecule has 0 aliphatic carbocycles. The lowest BCUT2D eigenvalue weighted by Crippen LogP contribution is -2.45. The van der Waals surface area contributed by atoms with E-state index in [1.807, 2.05) is 23.1 Å². The summed E-state index contributed by atoms with van der Waals surface area (Å²) in [6, 6.07) is 13.8. The average Bonchev–Trinajstić information content (AvgIpc) is 3.31. The van der Waals surface area contributed by atoms with Crippen molar-refractivity contribution < 1.29 is 9.53 Å². The number of amides is 1. The number of hydrogen-bond donors (Lipinski definition) is 0. The Morgan fingerprint density at radius 1 is 1.19 bits per heavy atom. The van der Waals surface area contributed by atoms with Gasteiger partial charge in [-0.3, -0.25) is 4.79 Å². The molecular formula is C21H19ClN2O2S. The molecule has 27 heavy (non-hydrogen) atoms. The number of piperidine rings is 1. The molecule has 3 aromatic rings. The summed E-state index contributed by atoms with van der Waals surface area (Å²) in [6.07, 6.45) is 2.10. The van der Waals surface area contributed by atoms with Gasteiger partial charge in [-0.2, -0.15) is 0 Å². The second kappa shape index (κ2) is 6.80. The first kappa shape index (κ1) is 17.0. The Balaban J connectivity index is 1.23. The van der Waals surface area contributed by atoms with Crippen molar-refractivity contribution in [1.82, 2.24) is 9.88 Å². The van der Waals surface area contributed by atoms with E-state index in [1.165, 1.54) is 9.71 Å². The van der Waals surface area contributed by atoms with Crippen LogP contribution in [-0.2, 0) is 11.2 Å². The average molecular weight is 399 g/mol. The van der Waals surface area contributed by atoms with Gasteiger partial charge >= 0.3 is 0 Å². The van der Waals surface area contributed by atoms with E-state index in [9.17, 15) is 4.79 Å². The van der Waals surface area contributed by atoms with Crippen LogP contribution in [0.25, 0.3) is 10.2 Å². The smallest absolute Gasteiger partial charge is 0.263 e. The zero-order chi connectivity index (χ0) is 18.4. The summed E-state index contributed by atoms with van der Waals surface area (Å²) < 4.78 is 7.11. The standard InChI is InChI=1S/C21H19ClN2O2S/c22-15-5-6-17-14(11-15)12-18(26-17)21(25)24-9-7-13(8-10-24)20-23-16-3-1-2-4-19(16)27-20/h1-6,11,13,18H,7-10,12H2/t18-/m0/s1. The predicted octanol–water partition coefficient (Wildman–Crippen LogP) is 4.66. The number of fused-ring (bicyclic) bond motifs is 2. The van der Waals surface area contributed by atoms with Gasteiger partial charge in [-0.05, 0) is 48.7 Å². The lowest BCUT2D eigenvalue weighted by Gasteiger charge is -2.32. The number of rotatable bonds is 2. The van der Waals surface area contributed by atoms with Crippen LogP contribution in [0.3, 0.4) is 0 Å². The first-order valence-corrected chi connectivity index (χ1v) is 10.5. The molecule has 4 nitrogen and oxygen atoms in total. The monoisotopic (exact) mass is 398 g/mol. The Bertz CT molecular complexity index is 977. The number of para-hydroxylation sites is 1. The third-order valence-corrected chi connectivity index (χ3v) is 6.87. The van der Waals surface area contributed by atoms with Gasteiger partial charge in [-0.25, -0.2) is 4.98 Å². The first-order valence-electron chi connectivity index (χ1n) is 9.27. The molecule has 5 rings (SSSR count). The van der Waals surface area contributed by atoms with Crippen molar-refractivity contribution in [3.8, 4) is 5.75 Å². The topological polar surface area (TPSA) is 42.4 Å². The van der Waals surface area contributed by atoms with Gasteiger partial charge < -0.3 is 9.64 Å². The van der Waals surface area contributed by atoms with Gasteiger partial charge in [-0.1, -0.05) is 23.7 Å². The van der Waals surface area contributed by atoms with Crippen molar-refractivity contribution in [1.29, 1.82) is 0 Å². The number of nitrogens with zero attached hydrogens (tertiary/aromatic N) is 2. The Morgan fingerprint density at radius 2 is 2.00 bits per heavy atom. The van der Waals surface area contributed by atoms with E-state index < -0.39 is 6.10 Å². The van der Waals surface area contributed by atoms with E-state index in [0.29, 0.717) is 17.4 Å². The molecule has 2 aliphatic rings. The Hall–Kier alpha value is -2.11. The number of carbonyl (C=O) groups excluding carboxylic acids is 1. The number of hydrogen-bond acceptors (Lipinski definition) is 4. The number of carbonyl (C=O) groups is 1. The number of ether oxygens (including phenoxy) is 1. The molecule has 2 aliphatic heterocycles. The van der Waals surface area contributed by atoms with Gasteiger partial charge in [0.25, 0.3) is 5.91 Å². The van der Waals surface area contributed by atoms with E-state index >= 15 is 0 Å². The fraction of sp³-hybridized carbons (Fsp3) is 0.333.